The van der Waals surface area contributed by atoms with Gasteiger partial charge >= 0.3 is 0 Å². The Morgan fingerprint density at radius 1 is 0.261 bits per heavy atom. The summed E-state index contributed by atoms with van der Waals surface area (Å²) < 4.78 is 0. The molecule has 0 aromatic heterocycles. The van der Waals surface area contributed by atoms with E-state index in [1.807, 2.05) is 127 Å². The van der Waals surface area contributed by atoms with E-state index in [9.17, 15) is 0 Å². The minimum Gasteiger partial charge on any atom is -0.364 e. The SMILES string of the molecule is c1ccc(NC2N(Nc3ccccc3)C(Nc3ccccc3)(Nc3ccccc3)N(Nc3ccccc3)C(Nc3ccccc3)(Nc3ccccc3)C2(Nc2ccccc2)Nc2ccccc2)cc1. The Bertz CT molecular complexity index is 2800. The Kier molecular flexibility index (Phi) is 12.9. The molecule has 0 bridgehead atoms. The molecule has 9 N–H and O–H groups in total. The highest BCUT2D eigenvalue weighted by Gasteiger charge is 2.74. The second kappa shape index (κ2) is 20.3. The average molecular weight is 906 g/mol. The molecule has 0 aliphatic carbocycles. The van der Waals surface area contributed by atoms with E-state index in [-0.39, 0.29) is 0 Å². The summed E-state index contributed by atoms with van der Waals surface area (Å²) in [6, 6.07) is 92.7. The second-order valence-electron chi connectivity index (χ2n) is 16.7. The van der Waals surface area contributed by atoms with Gasteiger partial charge in [0.25, 0.3) is 5.91 Å². The van der Waals surface area contributed by atoms with Gasteiger partial charge in [-0.1, -0.05) is 164 Å². The molecule has 0 amide bonds. The van der Waals surface area contributed by atoms with Crippen molar-refractivity contribution in [1.82, 2.24) is 10.0 Å². The molecule has 0 radical (unpaired) electrons. The molecule has 0 spiro atoms. The highest BCUT2D eigenvalue weighted by atomic mass is 15.9. The number of para-hydroxylation sites is 9. The Hall–Kier alpha value is -8.90. The average Bonchev–Trinajstić information content (AvgIpc) is 3.41. The van der Waals surface area contributed by atoms with E-state index in [2.05, 4.69) is 204 Å². The van der Waals surface area contributed by atoms with Crippen LogP contribution < -0.4 is 48.1 Å². The van der Waals surface area contributed by atoms with Gasteiger partial charge in [0.2, 0.25) is 11.4 Å². The Labute approximate surface area is 404 Å². The lowest BCUT2D eigenvalue weighted by atomic mass is 9.87. The van der Waals surface area contributed by atoms with Crippen molar-refractivity contribution >= 4 is 51.2 Å². The van der Waals surface area contributed by atoms with Gasteiger partial charge in [0.15, 0.2) is 6.17 Å². The monoisotopic (exact) mass is 905 g/mol. The van der Waals surface area contributed by atoms with Crippen LogP contribution in [0.5, 0.6) is 0 Å². The lowest BCUT2D eigenvalue weighted by molar-refractivity contribution is -0.137. The second-order valence-corrected chi connectivity index (χ2v) is 16.7. The summed E-state index contributed by atoms with van der Waals surface area (Å²) in [7, 11) is 0. The third-order valence-electron chi connectivity index (χ3n) is 12.0. The van der Waals surface area contributed by atoms with Crippen molar-refractivity contribution in [2.45, 2.75) is 23.5 Å². The van der Waals surface area contributed by atoms with Crippen LogP contribution in [0.2, 0.25) is 0 Å². The first-order valence-corrected chi connectivity index (χ1v) is 23.1. The van der Waals surface area contributed by atoms with Crippen LogP contribution in [0.1, 0.15) is 0 Å². The first kappa shape index (κ1) is 44.0. The zero-order valence-electron chi connectivity index (χ0n) is 38.0. The van der Waals surface area contributed by atoms with Crippen molar-refractivity contribution < 1.29 is 0 Å². The molecule has 11 nitrogen and oxygen atoms in total. The van der Waals surface area contributed by atoms with Gasteiger partial charge in [-0.25, -0.2) is 0 Å². The Balaban J connectivity index is 1.41. The first-order valence-electron chi connectivity index (χ1n) is 23.1. The molecule has 9 aromatic rings. The number of hydrazine groups is 2. The molecule has 9 aromatic carbocycles. The van der Waals surface area contributed by atoms with Crippen molar-refractivity contribution in [1.29, 1.82) is 0 Å². The van der Waals surface area contributed by atoms with E-state index >= 15 is 0 Å². The van der Waals surface area contributed by atoms with Crippen molar-refractivity contribution in [3.05, 3.63) is 273 Å². The van der Waals surface area contributed by atoms with Gasteiger partial charge in [0, 0.05) is 51.2 Å². The van der Waals surface area contributed by atoms with Crippen LogP contribution in [0.25, 0.3) is 0 Å². The standard InChI is InChI=1S/C58H55N11/c1-10-28-46(29-11-1)59-55-56(60-47-30-12-2-13-31-47,61-48-32-14-3-15-33-48)57(62-49-34-16-4-17-35-49,63-50-36-18-5-19-37-50)69(67-54-44-26-9-27-45-54)58(64-51-38-20-6-21-39-51,65-52-40-22-7-23-41-52)68(55)66-53-42-24-8-25-43-53/h1-45,55,59-67H. The first-order chi connectivity index (χ1) is 34.1. The summed E-state index contributed by atoms with van der Waals surface area (Å²) in [4.78, 5) is 0. The molecular weight excluding hydrogens is 851 g/mol. The fourth-order valence-electron chi connectivity index (χ4n) is 8.93. The summed E-state index contributed by atoms with van der Waals surface area (Å²) in [6.45, 7) is 0. The summed E-state index contributed by atoms with van der Waals surface area (Å²) in [6.07, 6.45) is -0.839. The molecule has 10 rings (SSSR count). The van der Waals surface area contributed by atoms with Gasteiger partial charge in [-0.2, -0.15) is 0 Å². The maximum absolute atomic E-state index is 4.22. The molecule has 1 aliphatic heterocycles. The van der Waals surface area contributed by atoms with E-state index in [0.717, 1.165) is 51.2 Å². The highest BCUT2D eigenvalue weighted by molar-refractivity contribution is 5.68. The normalized spacial score (nSPS) is 15.9. The molecule has 11 heteroatoms. The predicted octanol–water partition coefficient (Wildman–Crippen LogP) is 12.7. The van der Waals surface area contributed by atoms with Crippen LogP contribution in [0.4, 0.5) is 51.2 Å². The Morgan fingerprint density at radius 3 is 0.855 bits per heavy atom. The van der Waals surface area contributed by atoms with E-state index in [1.165, 1.54) is 0 Å². The molecule has 0 saturated carbocycles. The van der Waals surface area contributed by atoms with Crippen LogP contribution in [-0.2, 0) is 0 Å². The van der Waals surface area contributed by atoms with E-state index in [0.29, 0.717) is 0 Å². The fraction of sp³-hybridized carbons (Fsp3) is 0.0690. The van der Waals surface area contributed by atoms with Crippen molar-refractivity contribution in [3.8, 4) is 0 Å². The Morgan fingerprint density at radius 2 is 0.522 bits per heavy atom. The van der Waals surface area contributed by atoms with Crippen LogP contribution in [0.15, 0.2) is 273 Å². The molecule has 1 atom stereocenters. The minimum absolute atomic E-state index is 0.808. The minimum atomic E-state index is -1.57. The number of nitrogens with zero attached hydrogens (tertiary/aromatic N) is 2. The van der Waals surface area contributed by atoms with Gasteiger partial charge in [-0.3, -0.25) is 0 Å². The van der Waals surface area contributed by atoms with Crippen LogP contribution >= 0.6 is 0 Å². The zero-order chi connectivity index (χ0) is 46.6. The van der Waals surface area contributed by atoms with Gasteiger partial charge in [-0.15, -0.1) is 10.0 Å². The number of anilines is 9. The topological polar surface area (TPSA) is 115 Å². The molecule has 1 unspecified atom stereocenters. The molecular formula is C58H55N11. The van der Waals surface area contributed by atoms with Crippen LogP contribution in [0.3, 0.4) is 0 Å². The number of rotatable bonds is 18. The summed E-state index contributed by atoms with van der Waals surface area (Å²) >= 11 is 0. The summed E-state index contributed by atoms with van der Waals surface area (Å²) in [5.74, 6) is -3.12. The third-order valence-corrected chi connectivity index (χ3v) is 12.0. The summed E-state index contributed by atoms with van der Waals surface area (Å²) in [5.41, 5.74) is 14.1. The van der Waals surface area contributed by atoms with Crippen molar-refractivity contribution in [3.63, 3.8) is 0 Å². The fourth-order valence-corrected chi connectivity index (χ4v) is 8.93. The van der Waals surface area contributed by atoms with E-state index in [4.69, 9.17) is 0 Å². The van der Waals surface area contributed by atoms with Gasteiger partial charge in [0.1, 0.15) is 0 Å². The highest BCUT2D eigenvalue weighted by Crippen LogP contribution is 2.50. The van der Waals surface area contributed by atoms with Crippen LogP contribution in [-0.4, -0.2) is 33.5 Å². The molecule has 1 fully saturated rings. The summed E-state index contributed by atoms with van der Waals surface area (Å²) in [5, 5.41) is 33.7. The number of benzene rings is 9. The van der Waals surface area contributed by atoms with Crippen molar-refractivity contribution in [2.75, 3.05) is 48.1 Å². The molecule has 1 saturated heterocycles. The maximum Gasteiger partial charge on any atom is 0.269 e. The largest absolute Gasteiger partial charge is 0.364 e. The zero-order valence-corrected chi connectivity index (χ0v) is 38.0. The lowest BCUT2D eigenvalue weighted by Gasteiger charge is -2.70. The van der Waals surface area contributed by atoms with Crippen LogP contribution in [0, 0.1) is 0 Å². The number of hydrogen-bond donors (Lipinski definition) is 9. The maximum atomic E-state index is 4.22. The molecule has 69 heavy (non-hydrogen) atoms. The van der Waals surface area contributed by atoms with Crippen molar-refractivity contribution in [2.24, 2.45) is 0 Å². The molecule has 342 valence electrons. The van der Waals surface area contributed by atoms with Gasteiger partial charge < -0.3 is 48.1 Å². The van der Waals surface area contributed by atoms with E-state index in [1.54, 1.807) is 0 Å². The molecule has 1 aliphatic rings. The molecule has 1 heterocycles. The smallest absolute Gasteiger partial charge is 0.269 e. The quantitative estimate of drug-likeness (QED) is 0.0384. The van der Waals surface area contributed by atoms with Gasteiger partial charge in [0.05, 0.1) is 0 Å². The van der Waals surface area contributed by atoms with E-state index < -0.39 is 23.5 Å². The third kappa shape index (κ3) is 9.54. The lowest BCUT2D eigenvalue weighted by Crippen LogP contribution is -2.97. The van der Waals surface area contributed by atoms with Gasteiger partial charge in [-0.05, 0) is 109 Å². The number of nitrogens with one attached hydrogen (secondary N) is 9. The predicted molar refractivity (Wildman–Crippen MR) is 286 cm³/mol. The number of hydrogen-bond acceptors (Lipinski definition) is 11.